The summed E-state index contributed by atoms with van der Waals surface area (Å²) in [7, 11) is 0. The van der Waals surface area contributed by atoms with Crippen LogP contribution in [0.15, 0.2) is 24.3 Å². The smallest absolute Gasteiger partial charge is 0.0693 e. The standard InChI is InChI=1S/C11H17N/c1-5-7-11(4,9-12)8-10(3)6-2/h5-6H,1,7-8H2,2-4H3. The van der Waals surface area contributed by atoms with Gasteiger partial charge in [0, 0.05) is 0 Å². The lowest BCUT2D eigenvalue weighted by atomic mass is 9.82. The molecule has 0 rings (SSSR count). The highest BCUT2D eigenvalue weighted by atomic mass is 14.3. The lowest BCUT2D eigenvalue weighted by Gasteiger charge is -2.19. The predicted molar refractivity (Wildman–Crippen MR) is 52.6 cm³/mol. The molecule has 0 aromatic carbocycles. The highest BCUT2D eigenvalue weighted by molar-refractivity contribution is 5.09. The van der Waals surface area contributed by atoms with Gasteiger partial charge in [-0.15, -0.1) is 6.58 Å². The van der Waals surface area contributed by atoms with Crippen molar-refractivity contribution in [3.8, 4) is 6.07 Å². The van der Waals surface area contributed by atoms with Crippen LogP contribution < -0.4 is 0 Å². The van der Waals surface area contributed by atoms with Crippen LogP contribution in [-0.2, 0) is 0 Å². The molecule has 1 atom stereocenters. The van der Waals surface area contributed by atoms with Crippen molar-refractivity contribution in [1.82, 2.24) is 0 Å². The van der Waals surface area contributed by atoms with Gasteiger partial charge in [0.2, 0.25) is 0 Å². The molecule has 1 heteroatoms. The Morgan fingerprint density at radius 3 is 2.58 bits per heavy atom. The van der Waals surface area contributed by atoms with Gasteiger partial charge in [-0.05, 0) is 33.6 Å². The van der Waals surface area contributed by atoms with Gasteiger partial charge in [-0.1, -0.05) is 17.7 Å². The second-order valence-electron chi connectivity index (χ2n) is 3.48. The highest BCUT2D eigenvalue weighted by Gasteiger charge is 2.21. The van der Waals surface area contributed by atoms with Crippen molar-refractivity contribution in [1.29, 1.82) is 5.26 Å². The summed E-state index contributed by atoms with van der Waals surface area (Å²) in [4.78, 5) is 0. The molecule has 0 amide bonds. The van der Waals surface area contributed by atoms with Crippen LogP contribution in [0.4, 0.5) is 0 Å². The maximum Gasteiger partial charge on any atom is 0.0693 e. The molecule has 1 nitrogen and oxygen atoms in total. The molecule has 0 aliphatic heterocycles. The average molecular weight is 163 g/mol. The van der Waals surface area contributed by atoms with Crippen molar-refractivity contribution in [2.24, 2.45) is 5.41 Å². The minimum Gasteiger partial charge on any atom is -0.198 e. The largest absolute Gasteiger partial charge is 0.198 e. The van der Waals surface area contributed by atoms with Crippen molar-refractivity contribution in [2.75, 3.05) is 0 Å². The fourth-order valence-corrected chi connectivity index (χ4v) is 1.19. The van der Waals surface area contributed by atoms with Crippen LogP contribution in [0, 0.1) is 16.7 Å². The monoisotopic (exact) mass is 163 g/mol. The molecule has 0 aromatic heterocycles. The van der Waals surface area contributed by atoms with Crippen molar-refractivity contribution in [3.05, 3.63) is 24.3 Å². The van der Waals surface area contributed by atoms with Crippen LogP contribution in [0.2, 0.25) is 0 Å². The van der Waals surface area contributed by atoms with Gasteiger partial charge in [0.25, 0.3) is 0 Å². The molecule has 0 aliphatic rings. The van der Waals surface area contributed by atoms with Gasteiger partial charge < -0.3 is 0 Å². The van der Waals surface area contributed by atoms with Crippen molar-refractivity contribution < 1.29 is 0 Å². The van der Waals surface area contributed by atoms with E-state index in [1.807, 2.05) is 19.9 Å². The fraction of sp³-hybridized carbons (Fsp3) is 0.545. The van der Waals surface area contributed by atoms with E-state index in [4.69, 9.17) is 5.26 Å². The summed E-state index contributed by atoms with van der Waals surface area (Å²) >= 11 is 0. The Bertz CT molecular complexity index is 220. The highest BCUT2D eigenvalue weighted by Crippen LogP contribution is 2.28. The van der Waals surface area contributed by atoms with Crippen LogP contribution in [-0.4, -0.2) is 0 Å². The summed E-state index contributed by atoms with van der Waals surface area (Å²) in [5.74, 6) is 0. The van der Waals surface area contributed by atoms with E-state index in [-0.39, 0.29) is 5.41 Å². The Balaban J connectivity index is 4.36. The quantitative estimate of drug-likeness (QED) is 0.582. The van der Waals surface area contributed by atoms with Crippen LogP contribution in [0.25, 0.3) is 0 Å². The number of rotatable bonds is 4. The molecule has 0 spiro atoms. The third-order valence-electron chi connectivity index (χ3n) is 2.03. The van der Waals surface area contributed by atoms with E-state index in [9.17, 15) is 0 Å². The van der Waals surface area contributed by atoms with Gasteiger partial charge in [0.1, 0.15) is 0 Å². The number of hydrogen-bond acceptors (Lipinski definition) is 1. The SMILES string of the molecule is C=CCC(C)(C#N)CC(C)=CC. The second-order valence-corrected chi connectivity index (χ2v) is 3.48. The Morgan fingerprint density at radius 2 is 2.25 bits per heavy atom. The molecule has 0 heterocycles. The zero-order valence-corrected chi connectivity index (χ0v) is 8.22. The van der Waals surface area contributed by atoms with Gasteiger partial charge >= 0.3 is 0 Å². The minimum atomic E-state index is -0.266. The van der Waals surface area contributed by atoms with Gasteiger partial charge in [0.15, 0.2) is 0 Å². The first-order chi connectivity index (χ1) is 5.58. The maximum absolute atomic E-state index is 8.94. The van der Waals surface area contributed by atoms with E-state index in [0.29, 0.717) is 0 Å². The zero-order valence-electron chi connectivity index (χ0n) is 8.22. The third kappa shape index (κ3) is 3.39. The summed E-state index contributed by atoms with van der Waals surface area (Å²) in [6, 6.07) is 2.33. The number of hydrogen-bond donors (Lipinski definition) is 0. The Morgan fingerprint density at radius 1 is 1.67 bits per heavy atom. The maximum atomic E-state index is 8.94. The molecule has 0 saturated carbocycles. The molecule has 0 saturated heterocycles. The van der Waals surface area contributed by atoms with E-state index in [2.05, 4.69) is 25.6 Å². The predicted octanol–water partition coefficient (Wildman–Crippen LogP) is 3.45. The van der Waals surface area contributed by atoms with Crippen LogP contribution in [0.1, 0.15) is 33.6 Å². The second kappa shape index (κ2) is 4.77. The van der Waals surface area contributed by atoms with Gasteiger partial charge in [-0.25, -0.2) is 0 Å². The van der Waals surface area contributed by atoms with Crippen LogP contribution in [0.3, 0.4) is 0 Å². The molecule has 0 aromatic rings. The molecule has 12 heavy (non-hydrogen) atoms. The Kier molecular flexibility index (Phi) is 4.36. The number of nitriles is 1. The molecule has 66 valence electrons. The van der Waals surface area contributed by atoms with Crippen molar-refractivity contribution >= 4 is 0 Å². The summed E-state index contributed by atoms with van der Waals surface area (Å²) < 4.78 is 0. The van der Waals surface area contributed by atoms with E-state index < -0.39 is 0 Å². The van der Waals surface area contributed by atoms with Gasteiger partial charge in [-0.3, -0.25) is 0 Å². The van der Waals surface area contributed by atoms with Crippen LogP contribution >= 0.6 is 0 Å². The average Bonchev–Trinajstić information content (AvgIpc) is 2.05. The van der Waals surface area contributed by atoms with E-state index in [1.165, 1.54) is 5.57 Å². The molecule has 0 bridgehead atoms. The first kappa shape index (κ1) is 11.0. The van der Waals surface area contributed by atoms with E-state index >= 15 is 0 Å². The minimum absolute atomic E-state index is 0.266. The van der Waals surface area contributed by atoms with Gasteiger partial charge in [0.05, 0.1) is 11.5 Å². The lowest BCUT2D eigenvalue weighted by Crippen LogP contribution is -2.12. The molecule has 0 radical (unpaired) electrons. The van der Waals surface area contributed by atoms with Crippen molar-refractivity contribution in [3.63, 3.8) is 0 Å². The zero-order chi connectivity index (χ0) is 9.61. The number of allylic oxidation sites excluding steroid dienone is 3. The van der Waals surface area contributed by atoms with Crippen molar-refractivity contribution in [2.45, 2.75) is 33.6 Å². The fourth-order valence-electron chi connectivity index (χ4n) is 1.19. The Hall–Kier alpha value is -1.03. The summed E-state index contributed by atoms with van der Waals surface area (Å²) in [6.45, 7) is 9.69. The summed E-state index contributed by atoms with van der Waals surface area (Å²) in [5, 5.41) is 8.94. The van der Waals surface area contributed by atoms with Crippen LogP contribution in [0.5, 0.6) is 0 Å². The third-order valence-corrected chi connectivity index (χ3v) is 2.03. The lowest BCUT2D eigenvalue weighted by molar-refractivity contribution is 0.444. The summed E-state index contributed by atoms with van der Waals surface area (Å²) in [6.07, 6.45) is 5.46. The normalized spacial score (nSPS) is 16.3. The first-order valence-corrected chi connectivity index (χ1v) is 4.22. The summed E-state index contributed by atoms with van der Waals surface area (Å²) in [5.41, 5.74) is 0.999. The molecule has 0 aliphatic carbocycles. The molecular weight excluding hydrogens is 146 g/mol. The molecule has 0 N–H and O–H groups in total. The molecule has 0 fully saturated rings. The number of nitrogens with zero attached hydrogens (tertiary/aromatic N) is 1. The first-order valence-electron chi connectivity index (χ1n) is 4.22. The van der Waals surface area contributed by atoms with E-state index in [0.717, 1.165) is 12.8 Å². The molecular formula is C11H17N. The Labute approximate surface area is 75.4 Å². The van der Waals surface area contributed by atoms with E-state index in [1.54, 1.807) is 0 Å². The topological polar surface area (TPSA) is 23.8 Å². The molecule has 1 unspecified atom stereocenters. The van der Waals surface area contributed by atoms with Gasteiger partial charge in [-0.2, -0.15) is 5.26 Å².